The lowest BCUT2D eigenvalue weighted by Crippen LogP contribution is -2.11. The van der Waals surface area contributed by atoms with Crippen LogP contribution in [0, 0.1) is 0 Å². The van der Waals surface area contributed by atoms with E-state index in [0.29, 0.717) is 0 Å². The van der Waals surface area contributed by atoms with Gasteiger partial charge in [-0.3, -0.25) is 0 Å². The smallest absolute Gasteiger partial charge is 0.402 e. The normalized spacial score (nSPS) is 8.65. The van der Waals surface area contributed by atoms with Crippen molar-refractivity contribution in [2.45, 2.75) is 6.04 Å². The van der Waals surface area contributed by atoms with Crippen LogP contribution in [0.15, 0.2) is 36.5 Å². The van der Waals surface area contributed by atoms with Crippen molar-refractivity contribution in [2.75, 3.05) is 0 Å². The lowest BCUT2D eigenvalue weighted by atomic mass is 10.3. The molecule has 0 radical (unpaired) electrons. The molecule has 0 aromatic rings. The molecule has 52 heavy (non-hydrogen) atoms. The highest BCUT2D eigenvalue weighted by Gasteiger charge is 1.96. The van der Waals surface area contributed by atoms with Gasteiger partial charge >= 0.3 is 80.5 Å². The highest BCUT2D eigenvalue weighted by Crippen LogP contribution is 1.91. The van der Waals surface area contributed by atoms with Crippen molar-refractivity contribution in [3.63, 3.8) is 0 Å². The Morgan fingerprint density at radius 3 is 0.365 bits per heavy atom. The van der Waals surface area contributed by atoms with Crippen LogP contribution in [0.2, 0.25) is 0 Å². The first-order valence-corrected chi connectivity index (χ1v) is 11.2. The fraction of sp³-hybridized carbons (Fsp3) is 0.143. The summed E-state index contributed by atoms with van der Waals surface area (Å²) >= 11 is 0. The van der Waals surface area contributed by atoms with Gasteiger partial charge in [0, 0.05) is 6.04 Å². The summed E-state index contributed by atoms with van der Waals surface area (Å²) in [5, 5.41) is 236. The summed E-state index contributed by atoms with van der Waals surface area (Å²) in [6, 6.07) is 0.102. The molecule has 34 nitrogen and oxygen atoms in total. The number of rotatable bonds is 0. The molecule has 0 heterocycles. The summed E-state index contributed by atoms with van der Waals surface area (Å²) in [5.74, 6) is 0. The monoisotopic (exact) mass is 789 g/mol. The van der Waals surface area contributed by atoms with Crippen molar-refractivity contribution in [3.05, 3.63) is 36.5 Å². The van der Waals surface area contributed by atoms with Crippen LogP contribution in [0.25, 0.3) is 0 Å². The van der Waals surface area contributed by atoms with Gasteiger partial charge in [0.1, 0.15) is 0 Å². The largest absolute Gasteiger partial charge is 0.631 e. The third-order valence-electron chi connectivity index (χ3n) is 1.00. The van der Waals surface area contributed by atoms with E-state index in [4.69, 9.17) is 172 Å². The molecule has 0 unspecified atom stereocenters. The topological polar surface area (TPSA) is 694 Å². The zero-order valence-electron chi connectivity index (χ0n) is 25.7. The van der Waals surface area contributed by atoms with Crippen LogP contribution in [-0.4, -0.2) is 252 Å². The Hall–Kier alpha value is -1.43. The molecule has 0 bridgehead atoms. The molecule has 0 saturated carbocycles. The summed E-state index contributed by atoms with van der Waals surface area (Å²) < 4.78 is 0. The van der Waals surface area contributed by atoms with Crippen LogP contribution in [0.3, 0.4) is 0 Å². The molecule has 0 atom stereocenters. The minimum atomic E-state index is -2.17. The van der Waals surface area contributed by atoms with Crippen molar-refractivity contribution in [2.24, 2.45) is 5.73 Å². The first kappa shape index (κ1) is 79.4. The molecule has 0 aromatic heterocycles. The Morgan fingerprint density at radius 2 is 0.288 bits per heavy atom. The second-order valence-electron chi connectivity index (χ2n) is 5.54. The van der Waals surface area contributed by atoms with Crippen LogP contribution >= 0.6 is 0 Å². The van der Waals surface area contributed by atoms with E-state index < -0.39 is 80.5 Å². The van der Waals surface area contributed by atoms with Gasteiger partial charge < -0.3 is 172 Å². The molecular formula is C7H42B11NO33. The summed E-state index contributed by atoms with van der Waals surface area (Å²) in [7, 11) is -23.8. The van der Waals surface area contributed by atoms with Gasteiger partial charge in [0.25, 0.3) is 0 Å². The van der Waals surface area contributed by atoms with E-state index in [1.807, 2.05) is 36.5 Å². The third kappa shape index (κ3) is 1920. The van der Waals surface area contributed by atoms with E-state index in [1.165, 1.54) is 0 Å². The number of allylic oxidation sites excluding steroid dienone is 4. The highest BCUT2D eigenvalue weighted by atomic mass is 16.6. The second-order valence-corrected chi connectivity index (χ2v) is 5.54. The van der Waals surface area contributed by atoms with Gasteiger partial charge in [-0.1, -0.05) is 36.5 Å². The van der Waals surface area contributed by atoms with E-state index >= 15 is 0 Å². The van der Waals surface area contributed by atoms with Crippen LogP contribution in [0.4, 0.5) is 0 Å². The Labute approximate surface area is 295 Å². The molecule has 0 aliphatic heterocycles. The average Bonchev–Trinajstić information content (AvgIpc) is 3.02. The van der Waals surface area contributed by atoms with Gasteiger partial charge in [-0.05, 0) is 0 Å². The molecule has 45 heteroatoms. The van der Waals surface area contributed by atoms with Crippen LogP contribution < -0.4 is 5.73 Å². The maximum Gasteiger partial charge on any atom is 0.631 e. The standard InChI is InChI=1S/C7H9N.11BH3O3/c8-7-5-3-1-2-4-6-7;11*2-1(3)4/h1-7H,8H2;11*2-4H. The van der Waals surface area contributed by atoms with Gasteiger partial charge in [0.15, 0.2) is 0 Å². The zero-order valence-corrected chi connectivity index (χ0v) is 25.7. The minimum Gasteiger partial charge on any atom is -0.402 e. The van der Waals surface area contributed by atoms with Gasteiger partial charge in [0.05, 0.1) is 0 Å². The van der Waals surface area contributed by atoms with Crippen molar-refractivity contribution in [1.82, 2.24) is 0 Å². The van der Waals surface area contributed by atoms with Crippen molar-refractivity contribution in [1.29, 1.82) is 0 Å². The lowest BCUT2D eigenvalue weighted by molar-refractivity contribution is 0.276. The number of hydrogen-bond donors (Lipinski definition) is 34. The molecule has 306 valence electrons. The first-order valence-electron chi connectivity index (χ1n) is 11.2. The van der Waals surface area contributed by atoms with E-state index in [0.717, 1.165) is 0 Å². The minimum absolute atomic E-state index is 0.102. The molecule has 0 saturated heterocycles. The van der Waals surface area contributed by atoms with Gasteiger partial charge in [-0.15, -0.1) is 0 Å². The van der Waals surface area contributed by atoms with Crippen molar-refractivity contribution in [3.8, 4) is 0 Å². The zero-order chi connectivity index (χ0) is 45.2. The summed E-state index contributed by atoms with van der Waals surface area (Å²) in [6.45, 7) is 0. The van der Waals surface area contributed by atoms with E-state index in [9.17, 15) is 0 Å². The quantitative estimate of drug-likeness (QED) is 0.101. The molecule has 35 N–H and O–H groups in total. The highest BCUT2D eigenvalue weighted by molar-refractivity contribution is 6.32. The molecule has 1 rings (SSSR count). The number of hydrogen-bond acceptors (Lipinski definition) is 34. The van der Waals surface area contributed by atoms with Crippen molar-refractivity contribution >= 4 is 80.5 Å². The van der Waals surface area contributed by atoms with Gasteiger partial charge in [-0.2, -0.15) is 0 Å². The molecule has 0 fully saturated rings. The Balaban J connectivity index is -0.0000000396. The van der Waals surface area contributed by atoms with Crippen molar-refractivity contribution < 1.29 is 166 Å². The predicted octanol–water partition coefficient (Wildman–Crippen LogP) is -21.6. The van der Waals surface area contributed by atoms with Crippen LogP contribution in [0.1, 0.15) is 0 Å². The fourth-order valence-electron chi connectivity index (χ4n) is 0.577. The second kappa shape index (κ2) is 71.1. The van der Waals surface area contributed by atoms with Crippen LogP contribution in [-0.2, 0) is 0 Å². The first-order chi connectivity index (χ1) is 22.9. The molecule has 0 amide bonds. The molecular weight excluding hydrogens is 745 g/mol. The fourth-order valence-corrected chi connectivity index (χ4v) is 0.577. The average molecular weight is 787 g/mol. The molecule has 0 spiro atoms. The predicted molar refractivity (Wildman–Crippen MR) is 172 cm³/mol. The Morgan fingerprint density at radius 1 is 0.212 bits per heavy atom. The maximum atomic E-state index is 7.17. The maximum absolute atomic E-state index is 7.17. The lowest BCUT2D eigenvalue weighted by Gasteiger charge is -1.91. The van der Waals surface area contributed by atoms with Crippen LogP contribution in [0.5, 0.6) is 0 Å². The number of nitrogens with two attached hydrogens (primary N) is 1. The SMILES string of the molecule is NC1C=CC=CC=C1.OB(O)O.OB(O)O.OB(O)O.OB(O)O.OB(O)O.OB(O)O.OB(O)O.OB(O)O.OB(O)O.OB(O)O.OB(O)O. The molecule has 0 aromatic carbocycles. The van der Waals surface area contributed by atoms with E-state index in [-0.39, 0.29) is 6.04 Å². The molecule has 1 aliphatic rings. The van der Waals surface area contributed by atoms with E-state index in [2.05, 4.69) is 0 Å². The summed E-state index contributed by atoms with van der Waals surface area (Å²) in [6.07, 6.45) is 11.7. The van der Waals surface area contributed by atoms with Gasteiger partial charge in [-0.25, -0.2) is 0 Å². The Bertz CT molecular complexity index is 456. The summed E-state index contributed by atoms with van der Waals surface area (Å²) in [4.78, 5) is 0. The Kier molecular flexibility index (Phi) is 108. The van der Waals surface area contributed by atoms with E-state index in [1.54, 1.807) is 0 Å². The summed E-state index contributed by atoms with van der Waals surface area (Å²) in [5.41, 5.74) is 5.52. The molecule has 1 aliphatic carbocycles. The van der Waals surface area contributed by atoms with Gasteiger partial charge in [0.2, 0.25) is 0 Å². The third-order valence-corrected chi connectivity index (χ3v) is 1.00.